The Labute approximate surface area is 67.8 Å². The van der Waals surface area contributed by atoms with Gasteiger partial charge in [-0.15, -0.1) is 0 Å². The molecule has 10 heavy (non-hydrogen) atoms. The molecular formula is C6H2Cl2NO. The van der Waals surface area contributed by atoms with Crippen LogP contribution in [-0.2, 0) is 4.79 Å². The second kappa shape index (κ2) is 2.99. The van der Waals surface area contributed by atoms with E-state index >= 15 is 0 Å². The lowest BCUT2D eigenvalue weighted by atomic mass is 10.4. The number of rotatable bonds is 1. The lowest BCUT2D eigenvalue weighted by molar-refractivity contribution is 0.561. The number of hydrogen-bond donors (Lipinski definition) is 0. The first-order chi connectivity index (χ1) is 4.72. The van der Waals surface area contributed by atoms with E-state index in [0.29, 0.717) is 5.02 Å². The van der Waals surface area contributed by atoms with Crippen LogP contribution in [0.15, 0.2) is 12.1 Å². The summed E-state index contributed by atoms with van der Waals surface area (Å²) in [6, 6.07) is 2.84. The molecule has 2 nitrogen and oxygen atoms in total. The molecule has 0 amide bonds. The van der Waals surface area contributed by atoms with E-state index in [9.17, 15) is 4.79 Å². The Bertz CT molecular complexity index is 242. The average molecular weight is 175 g/mol. The number of nitrogens with zero attached hydrogens (tertiary/aromatic N) is 1. The molecule has 0 bridgehead atoms. The highest BCUT2D eigenvalue weighted by atomic mass is 35.5. The van der Waals surface area contributed by atoms with E-state index in [-0.39, 0.29) is 10.8 Å². The van der Waals surface area contributed by atoms with Gasteiger partial charge in [0.25, 0.3) is 6.29 Å². The predicted molar refractivity (Wildman–Crippen MR) is 39.1 cm³/mol. The molecule has 0 aliphatic heterocycles. The van der Waals surface area contributed by atoms with Crippen LogP contribution in [0.4, 0.5) is 0 Å². The second-order valence-corrected chi connectivity index (χ2v) is 2.42. The third-order valence-corrected chi connectivity index (χ3v) is 1.28. The van der Waals surface area contributed by atoms with Crippen molar-refractivity contribution in [3.63, 3.8) is 0 Å². The number of pyridine rings is 1. The van der Waals surface area contributed by atoms with Crippen LogP contribution in [0.2, 0.25) is 10.2 Å². The van der Waals surface area contributed by atoms with Crippen molar-refractivity contribution in [2.75, 3.05) is 0 Å². The molecule has 1 rings (SSSR count). The second-order valence-electron chi connectivity index (χ2n) is 1.60. The zero-order valence-electron chi connectivity index (χ0n) is 4.77. The third kappa shape index (κ3) is 1.69. The summed E-state index contributed by atoms with van der Waals surface area (Å²) in [5, 5.41) is 0.587. The van der Waals surface area contributed by atoms with E-state index < -0.39 is 0 Å². The molecule has 4 heteroatoms. The van der Waals surface area contributed by atoms with Gasteiger partial charge in [0.2, 0.25) is 0 Å². The van der Waals surface area contributed by atoms with Gasteiger partial charge in [-0.3, -0.25) is 4.79 Å². The van der Waals surface area contributed by atoms with Crippen LogP contribution in [-0.4, -0.2) is 11.3 Å². The van der Waals surface area contributed by atoms with Crippen LogP contribution in [0.5, 0.6) is 0 Å². The Morgan fingerprint density at radius 3 is 2.60 bits per heavy atom. The molecule has 0 aromatic carbocycles. The highest BCUT2D eigenvalue weighted by molar-refractivity contribution is 6.34. The van der Waals surface area contributed by atoms with Gasteiger partial charge in [0.15, 0.2) is 0 Å². The molecule has 1 aromatic heterocycles. The summed E-state index contributed by atoms with van der Waals surface area (Å²) < 4.78 is 0. The minimum Gasteiger partial charge on any atom is -0.283 e. The number of halogens is 2. The smallest absolute Gasteiger partial charge is 0.253 e. The molecule has 0 saturated heterocycles. The van der Waals surface area contributed by atoms with E-state index in [1.165, 1.54) is 12.1 Å². The molecule has 1 aromatic rings. The predicted octanol–water partition coefficient (Wildman–Crippen LogP) is 1.85. The molecule has 0 atom stereocenters. The Morgan fingerprint density at radius 1 is 1.40 bits per heavy atom. The summed E-state index contributed by atoms with van der Waals surface area (Å²) >= 11 is 11.0. The van der Waals surface area contributed by atoms with Crippen molar-refractivity contribution >= 4 is 29.5 Å². The van der Waals surface area contributed by atoms with Gasteiger partial charge in [-0.1, -0.05) is 23.2 Å². The lowest BCUT2D eigenvalue weighted by Gasteiger charge is -1.91. The van der Waals surface area contributed by atoms with Gasteiger partial charge in [0.05, 0.1) is 0 Å². The number of carbonyl (C=O) groups excluding carboxylic acids is 1. The van der Waals surface area contributed by atoms with E-state index in [1.54, 1.807) is 6.29 Å². The normalized spacial score (nSPS) is 9.40. The first-order valence-electron chi connectivity index (χ1n) is 2.43. The van der Waals surface area contributed by atoms with E-state index in [4.69, 9.17) is 23.2 Å². The highest BCUT2D eigenvalue weighted by Gasteiger charge is 1.97. The number of hydrogen-bond acceptors (Lipinski definition) is 2. The molecule has 0 saturated carbocycles. The van der Waals surface area contributed by atoms with Crippen LogP contribution >= 0.6 is 23.2 Å². The highest BCUT2D eigenvalue weighted by Crippen LogP contribution is 2.13. The maximum absolute atomic E-state index is 10.0. The summed E-state index contributed by atoms with van der Waals surface area (Å²) in [6.45, 7) is 0. The maximum Gasteiger partial charge on any atom is 0.253 e. The van der Waals surface area contributed by atoms with Crippen LogP contribution in [0.1, 0.15) is 5.69 Å². The third-order valence-electron chi connectivity index (χ3n) is 0.863. The van der Waals surface area contributed by atoms with E-state index in [1.807, 2.05) is 0 Å². The Balaban J connectivity index is 3.18. The SMILES string of the molecule is O=[C]c1cc(Cl)cc(Cl)n1. The number of aromatic nitrogens is 1. The van der Waals surface area contributed by atoms with Crippen molar-refractivity contribution in [3.8, 4) is 0 Å². The topological polar surface area (TPSA) is 30.0 Å². The molecule has 0 aliphatic carbocycles. The van der Waals surface area contributed by atoms with Gasteiger partial charge in [-0.25, -0.2) is 4.98 Å². The molecule has 51 valence electrons. The first-order valence-corrected chi connectivity index (χ1v) is 3.19. The van der Waals surface area contributed by atoms with Crippen molar-refractivity contribution in [2.45, 2.75) is 0 Å². The van der Waals surface area contributed by atoms with Crippen LogP contribution in [0, 0.1) is 0 Å². The first kappa shape index (κ1) is 7.51. The zero-order valence-corrected chi connectivity index (χ0v) is 6.28. The molecule has 0 spiro atoms. The van der Waals surface area contributed by atoms with E-state index in [2.05, 4.69) is 4.98 Å². The van der Waals surface area contributed by atoms with Crippen molar-refractivity contribution in [3.05, 3.63) is 28.0 Å². The maximum atomic E-state index is 10.0. The van der Waals surface area contributed by atoms with Crippen LogP contribution in [0.3, 0.4) is 0 Å². The Kier molecular flexibility index (Phi) is 2.25. The molecule has 1 radical (unpaired) electrons. The standard InChI is InChI=1S/C6H2Cl2NO/c7-4-1-5(3-10)9-6(8)2-4/h1-2H. The fourth-order valence-electron chi connectivity index (χ4n) is 0.518. The Hall–Kier alpha value is -0.600. The fraction of sp³-hybridized carbons (Fsp3) is 0. The van der Waals surface area contributed by atoms with Crippen LogP contribution < -0.4 is 0 Å². The summed E-state index contributed by atoms with van der Waals surface area (Å²) in [5.41, 5.74) is 0.123. The molecule has 0 unspecified atom stereocenters. The largest absolute Gasteiger partial charge is 0.283 e. The van der Waals surface area contributed by atoms with Gasteiger partial charge in [0, 0.05) is 5.02 Å². The van der Waals surface area contributed by atoms with Crippen molar-refractivity contribution < 1.29 is 4.79 Å². The summed E-state index contributed by atoms with van der Waals surface area (Å²) in [4.78, 5) is 13.6. The van der Waals surface area contributed by atoms with Gasteiger partial charge in [-0.2, -0.15) is 0 Å². The lowest BCUT2D eigenvalue weighted by Crippen LogP contribution is -1.86. The zero-order chi connectivity index (χ0) is 7.56. The molecule has 0 N–H and O–H groups in total. The monoisotopic (exact) mass is 174 g/mol. The van der Waals surface area contributed by atoms with Crippen molar-refractivity contribution in [2.24, 2.45) is 0 Å². The summed E-state index contributed by atoms with van der Waals surface area (Å²) in [5.74, 6) is 0. The van der Waals surface area contributed by atoms with Crippen molar-refractivity contribution in [1.82, 2.24) is 4.98 Å². The molecule has 1 heterocycles. The van der Waals surface area contributed by atoms with Gasteiger partial charge >= 0.3 is 0 Å². The van der Waals surface area contributed by atoms with Crippen molar-refractivity contribution in [1.29, 1.82) is 0 Å². The minimum absolute atomic E-state index is 0.123. The van der Waals surface area contributed by atoms with Crippen LogP contribution in [0.25, 0.3) is 0 Å². The molecular weight excluding hydrogens is 173 g/mol. The van der Waals surface area contributed by atoms with Gasteiger partial charge in [-0.05, 0) is 12.1 Å². The van der Waals surface area contributed by atoms with Gasteiger partial charge in [0.1, 0.15) is 10.8 Å². The quantitative estimate of drug-likeness (QED) is 0.609. The van der Waals surface area contributed by atoms with Gasteiger partial charge < -0.3 is 0 Å². The fourth-order valence-corrected chi connectivity index (χ4v) is 0.989. The summed E-state index contributed by atoms with van der Waals surface area (Å²) in [7, 11) is 0. The Morgan fingerprint density at radius 2 is 2.10 bits per heavy atom. The average Bonchev–Trinajstić information content (AvgIpc) is 1.85. The minimum atomic E-state index is 0.123. The van der Waals surface area contributed by atoms with E-state index in [0.717, 1.165) is 0 Å². The summed E-state index contributed by atoms with van der Waals surface area (Å²) in [6.07, 6.45) is 1.58. The molecule has 0 aliphatic rings. The molecule has 0 fully saturated rings.